The Morgan fingerprint density at radius 2 is 1.40 bits per heavy atom. The van der Waals surface area contributed by atoms with Crippen molar-refractivity contribution >= 4 is 25.0 Å². The summed E-state index contributed by atoms with van der Waals surface area (Å²) in [5, 5.41) is 0.231. The fourth-order valence-corrected chi connectivity index (χ4v) is 15.3. The number of hydrogen-bond acceptors (Lipinski definition) is 3. The Balaban J connectivity index is 1.83. The van der Waals surface area contributed by atoms with Gasteiger partial charge in [-0.25, -0.2) is 0 Å². The quantitative estimate of drug-likeness (QED) is 0.123. The van der Waals surface area contributed by atoms with Gasteiger partial charge in [0.2, 0.25) is 0 Å². The first-order valence-corrected chi connectivity index (χ1v) is 29.9. The largest absolute Gasteiger partial charge is 0.412 e. The van der Waals surface area contributed by atoms with Crippen LogP contribution in [-0.4, -0.2) is 42.8 Å². The summed E-state index contributed by atoms with van der Waals surface area (Å²) in [6.07, 6.45) is 15.9. The molecule has 1 unspecified atom stereocenters. The summed E-state index contributed by atoms with van der Waals surface area (Å²) < 4.78 is 21.3. The lowest BCUT2D eigenvalue weighted by Gasteiger charge is -2.46. The zero-order chi connectivity index (χ0) is 39.7. The molecule has 6 heteroatoms. The van der Waals surface area contributed by atoms with Crippen LogP contribution in [0.2, 0.25) is 54.4 Å². The molecule has 0 saturated heterocycles. The molecule has 0 amide bonds. The summed E-state index contributed by atoms with van der Waals surface area (Å²) in [6.45, 7) is 49.8. The topological polar surface area (TPSA) is 27.7 Å². The van der Waals surface area contributed by atoms with Crippen LogP contribution < -0.4 is 0 Å². The van der Waals surface area contributed by atoms with E-state index < -0.39 is 25.0 Å². The Morgan fingerprint density at radius 1 is 0.846 bits per heavy atom. The van der Waals surface area contributed by atoms with E-state index in [0.29, 0.717) is 11.3 Å². The van der Waals surface area contributed by atoms with E-state index in [1.54, 1.807) is 5.57 Å². The highest BCUT2D eigenvalue weighted by atomic mass is 28.4. The zero-order valence-electron chi connectivity index (χ0n) is 37.7. The number of allylic oxidation sites excluding steroid dienone is 3. The van der Waals surface area contributed by atoms with Crippen molar-refractivity contribution in [1.82, 2.24) is 0 Å². The van der Waals surface area contributed by atoms with Crippen LogP contribution in [0.25, 0.3) is 0 Å². The van der Waals surface area contributed by atoms with Gasteiger partial charge < -0.3 is 13.3 Å². The van der Waals surface area contributed by atoms with Gasteiger partial charge in [0.15, 0.2) is 25.0 Å². The van der Waals surface area contributed by atoms with E-state index >= 15 is 0 Å². The molecule has 3 saturated carbocycles. The first-order chi connectivity index (χ1) is 23.7. The van der Waals surface area contributed by atoms with Crippen LogP contribution in [-0.2, 0) is 13.3 Å². The number of hydrogen-bond donors (Lipinski definition) is 0. The third-order valence-electron chi connectivity index (χ3n) is 15.4. The van der Waals surface area contributed by atoms with E-state index in [-0.39, 0.29) is 27.9 Å². The van der Waals surface area contributed by atoms with Crippen molar-refractivity contribution in [2.75, 3.05) is 0 Å². The van der Waals surface area contributed by atoms with Gasteiger partial charge in [0, 0.05) is 6.42 Å². The third kappa shape index (κ3) is 10.3. The Bertz CT molecular complexity index is 1300. The zero-order valence-corrected chi connectivity index (χ0v) is 40.7. The molecule has 0 spiro atoms. The Kier molecular flexibility index (Phi) is 14.9. The van der Waals surface area contributed by atoms with Gasteiger partial charge >= 0.3 is 0 Å². The SMILES string of the molecule is C=C1/C(=C\C=C2CCC[C@@]3(C)C2CC[C@@H]3[C@@H](C)CCCC(C)(C)O[Si](CC)(CC)CC)C[C@@H](O[Si](C)(C)C(C)(C)C)C(=C)[C@H]1O[Si](C)(C)C(C)(C)C. The van der Waals surface area contributed by atoms with E-state index in [0.717, 1.165) is 29.4 Å². The third-order valence-corrected chi connectivity index (χ3v) is 29.2. The second-order valence-electron chi connectivity index (χ2n) is 21.4. The molecule has 52 heavy (non-hydrogen) atoms. The van der Waals surface area contributed by atoms with Crippen LogP contribution in [0.3, 0.4) is 0 Å². The van der Waals surface area contributed by atoms with Gasteiger partial charge in [-0.3, -0.25) is 0 Å². The van der Waals surface area contributed by atoms with Gasteiger partial charge in [0.1, 0.15) is 0 Å². The van der Waals surface area contributed by atoms with Crippen molar-refractivity contribution < 1.29 is 13.3 Å². The minimum atomic E-state index is -2.08. The molecule has 3 aliphatic rings. The van der Waals surface area contributed by atoms with E-state index in [4.69, 9.17) is 19.9 Å². The van der Waals surface area contributed by atoms with Crippen molar-refractivity contribution in [1.29, 1.82) is 0 Å². The molecule has 3 fully saturated rings. The van der Waals surface area contributed by atoms with Crippen LogP contribution in [0.1, 0.15) is 148 Å². The molecule has 0 aromatic carbocycles. The molecule has 0 bridgehead atoms. The first-order valence-electron chi connectivity index (χ1n) is 21.5. The molecule has 0 aromatic heterocycles. The highest BCUT2D eigenvalue weighted by Gasteiger charge is 2.51. The van der Waals surface area contributed by atoms with Crippen LogP contribution in [0, 0.1) is 23.2 Å². The predicted molar refractivity (Wildman–Crippen MR) is 237 cm³/mol. The maximum absolute atomic E-state index is 7.15. The fourth-order valence-electron chi connectivity index (χ4n) is 9.54. The Labute approximate surface area is 327 Å². The monoisotopic (exact) mass is 771 g/mol. The normalized spacial score (nSPS) is 29.2. The van der Waals surface area contributed by atoms with Crippen LogP contribution in [0.15, 0.2) is 47.6 Å². The van der Waals surface area contributed by atoms with Crippen LogP contribution >= 0.6 is 0 Å². The molecule has 0 aromatic rings. The molecule has 0 radical (unpaired) electrons. The van der Waals surface area contributed by atoms with Crippen LogP contribution in [0.5, 0.6) is 0 Å². The van der Waals surface area contributed by atoms with Gasteiger partial charge in [-0.2, -0.15) is 0 Å². The molecule has 300 valence electrons. The Hall–Kier alpha value is -0.509. The van der Waals surface area contributed by atoms with Crippen molar-refractivity contribution in [3.8, 4) is 0 Å². The molecule has 0 aliphatic heterocycles. The average Bonchev–Trinajstić information content (AvgIpc) is 3.39. The lowest BCUT2D eigenvalue weighted by atomic mass is 9.60. The minimum absolute atomic E-state index is 0.0106. The smallest absolute Gasteiger partial charge is 0.193 e. The van der Waals surface area contributed by atoms with Crippen molar-refractivity contribution in [2.45, 2.75) is 220 Å². The maximum atomic E-state index is 7.15. The maximum Gasteiger partial charge on any atom is 0.193 e. The molecule has 0 heterocycles. The van der Waals surface area contributed by atoms with Crippen molar-refractivity contribution in [2.24, 2.45) is 23.2 Å². The van der Waals surface area contributed by atoms with E-state index in [2.05, 4.69) is 135 Å². The van der Waals surface area contributed by atoms with Crippen molar-refractivity contribution in [3.05, 3.63) is 47.6 Å². The van der Waals surface area contributed by atoms with Gasteiger partial charge in [-0.05, 0) is 147 Å². The summed E-state index contributed by atoms with van der Waals surface area (Å²) in [7, 11) is -5.72. The molecule has 6 atom stereocenters. The van der Waals surface area contributed by atoms with Gasteiger partial charge in [0.05, 0.1) is 17.8 Å². The van der Waals surface area contributed by atoms with E-state index in [1.165, 1.54) is 75.1 Å². The van der Waals surface area contributed by atoms with E-state index in [9.17, 15) is 0 Å². The van der Waals surface area contributed by atoms with E-state index in [1.807, 2.05) is 0 Å². The van der Waals surface area contributed by atoms with Crippen LogP contribution in [0.4, 0.5) is 0 Å². The second kappa shape index (κ2) is 16.9. The van der Waals surface area contributed by atoms with Crippen molar-refractivity contribution in [3.63, 3.8) is 0 Å². The number of fused-ring (bicyclic) bond motifs is 1. The summed E-state index contributed by atoms with van der Waals surface area (Å²) in [5.74, 6) is 2.23. The summed E-state index contributed by atoms with van der Waals surface area (Å²) in [6, 6.07) is 3.69. The standard InChI is InChI=1S/C46H86O3Si3/c1-20-52(21-2,22-3)49-45(13,14)31-23-25-34(4)39-29-30-40-37(26-24-32-46(39,40)15)27-28-38-33-41(47-50(16,17)43(7,8)9)36(6)42(35(38)5)48-51(18,19)44(10,11)12/h27-28,34,39-42H,5-6,20-26,29-33H2,1-4,7-19H3/b37-27?,38-28-/t34-,39+,40?,41+,42-,46+/m0/s1. The predicted octanol–water partition coefficient (Wildman–Crippen LogP) is 15.0. The second-order valence-corrected chi connectivity index (χ2v) is 35.6. The molecular formula is C46H86O3Si3. The van der Waals surface area contributed by atoms with Gasteiger partial charge in [0.25, 0.3) is 0 Å². The molecule has 0 N–H and O–H groups in total. The molecule has 3 aliphatic carbocycles. The average molecular weight is 771 g/mol. The molecular weight excluding hydrogens is 685 g/mol. The number of rotatable bonds is 15. The summed E-state index contributed by atoms with van der Waals surface area (Å²) >= 11 is 0. The molecule has 3 rings (SSSR count). The van der Waals surface area contributed by atoms with Gasteiger partial charge in [-0.15, -0.1) is 0 Å². The lowest BCUT2D eigenvalue weighted by Crippen LogP contribution is -2.50. The summed E-state index contributed by atoms with van der Waals surface area (Å²) in [5.41, 5.74) is 5.52. The van der Waals surface area contributed by atoms with Gasteiger partial charge in [-0.1, -0.05) is 120 Å². The summed E-state index contributed by atoms with van der Waals surface area (Å²) in [4.78, 5) is 0. The fraction of sp³-hybridized carbons (Fsp3) is 0.826. The highest BCUT2D eigenvalue weighted by molar-refractivity contribution is 6.75. The minimum Gasteiger partial charge on any atom is -0.412 e. The first kappa shape index (κ1) is 45.9. The lowest BCUT2D eigenvalue weighted by molar-refractivity contribution is 0.0704. The molecule has 3 nitrogen and oxygen atoms in total. The Morgan fingerprint density at radius 3 is 1.94 bits per heavy atom. The highest BCUT2D eigenvalue weighted by Crippen LogP contribution is 2.60.